The van der Waals surface area contributed by atoms with E-state index in [0.717, 1.165) is 15.2 Å². The van der Waals surface area contributed by atoms with Gasteiger partial charge in [0.05, 0.1) is 0 Å². The van der Waals surface area contributed by atoms with Gasteiger partial charge in [0, 0.05) is 4.28 Å². The maximum Gasteiger partial charge on any atom is 0.217 e. The molecule has 0 aromatic heterocycles. The molecule has 0 atom stereocenters. The van der Waals surface area contributed by atoms with Crippen molar-refractivity contribution in [2.45, 2.75) is 55.4 Å². The van der Waals surface area contributed by atoms with E-state index in [1.54, 1.807) is 0 Å². The predicted octanol–water partition coefficient (Wildman–Crippen LogP) is 4.09. The summed E-state index contributed by atoms with van der Waals surface area (Å²) in [5, 5.41) is 4.30. The average Bonchev–Trinajstić information content (AvgIpc) is 2.18. The van der Waals surface area contributed by atoms with Gasteiger partial charge < -0.3 is 0 Å². The summed E-state index contributed by atoms with van der Waals surface area (Å²) in [4.78, 5) is 0. The van der Waals surface area contributed by atoms with Gasteiger partial charge in [-0.1, -0.05) is 44.8 Å². The van der Waals surface area contributed by atoms with Gasteiger partial charge in [0.15, 0.2) is 15.2 Å². The van der Waals surface area contributed by atoms with Crippen molar-refractivity contribution in [2.75, 3.05) is 0 Å². The van der Waals surface area contributed by atoms with Gasteiger partial charge in [-0.2, -0.15) is 0 Å². The molecule has 81 valence electrons. The van der Waals surface area contributed by atoms with E-state index in [4.69, 9.17) is 0 Å². The van der Waals surface area contributed by atoms with Crippen LogP contribution in [0.15, 0.2) is 12.7 Å². The van der Waals surface area contributed by atoms with Crippen molar-refractivity contribution in [3.05, 3.63) is 12.7 Å². The molecule has 0 amide bonds. The molecule has 0 aliphatic rings. The Morgan fingerprint density at radius 2 is 1.62 bits per heavy atom. The van der Waals surface area contributed by atoms with Crippen molar-refractivity contribution in [2.24, 2.45) is 0 Å². The molecule has 0 aromatic rings. The molecule has 0 spiro atoms. The Kier molecular flexibility index (Phi) is 23.2. The fraction of sp³-hybridized carbons (Fsp3) is 0.818. The largest absolute Gasteiger partial charge is 0.217 e. The Morgan fingerprint density at radius 3 is 1.85 bits per heavy atom. The topological polar surface area (TPSA) is 0 Å². The lowest BCUT2D eigenvalue weighted by molar-refractivity contribution is 0.851. The lowest BCUT2D eigenvalue weighted by atomic mass is 10.4. The van der Waals surface area contributed by atoms with Crippen molar-refractivity contribution in [1.29, 1.82) is 0 Å². The minimum absolute atomic E-state index is 0. The lowest BCUT2D eigenvalue weighted by Gasteiger charge is -1.93. The first kappa shape index (κ1) is 16.2. The minimum atomic E-state index is 0. The van der Waals surface area contributed by atoms with Crippen LogP contribution in [0.1, 0.15) is 43.8 Å². The zero-order valence-corrected chi connectivity index (χ0v) is 13.0. The smallest absolute Gasteiger partial charge is 0.105 e. The summed E-state index contributed by atoms with van der Waals surface area (Å²) >= 11 is 2.09. The molecular formula is C11H31Al2. The molecule has 0 N–H and O–H groups in total. The fourth-order valence-corrected chi connectivity index (χ4v) is 2.52. The SMILES string of the molecule is C=C[CH2][AlH2].CCC[CH2][Al][CH2]CCC.[HH].[HH].[HH]. The van der Waals surface area contributed by atoms with Crippen molar-refractivity contribution < 1.29 is 4.28 Å². The van der Waals surface area contributed by atoms with Gasteiger partial charge >= 0.3 is 0 Å². The van der Waals surface area contributed by atoms with E-state index in [0.29, 0.717) is 0 Å². The molecule has 0 heterocycles. The van der Waals surface area contributed by atoms with E-state index in [2.05, 4.69) is 20.4 Å². The molecule has 0 rings (SSSR count). The molecule has 0 fully saturated rings. The number of unbranched alkanes of at least 4 members (excludes halogenated alkanes) is 2. The molecule has 0 unspecified atom stereocenters. The van der Waals surface area contributed by atoms with Crippen LogP contribution in [0.4, 0.5) is 0 Å². The summed E-state index contributed by atoms with van der Waals surface area (Å²) < 4.78 is 0. The highest BCUT2D eigenvalue weighted by Gasteiger charge is 1.89. The van der Waals surface area contributed by atoms with Gasteiger partial charge in [-0.25, -0.2) is 0 Å². The molecule has 0 aromatic carbocycles. The summed E-state index contributed by atoms with van der Waals surface area (Å²) in [5.41, 5.74) is 0. The van der Waals surface area contributed by atoms with Crippen LogP contribution in [0.3, 0.4) is 0 Å². The Morgan fingerprint density at radius 1 is 1.23 bits per heavy atom. The van der Waals surface area contributed by atoms with Gasteiger partial charge in [-0.15, -0.1) is 23.2 Å². The van der Waals surface area contributed by atoms with Crippen molar-refractivity contribution >= 4 is 31.5 Å². The van der Waals surface area contributed by atoms with Gasteiger partial charge in [0.25, 0.3) is 0 Å². The predicted molar refractivity (Wildman–Crippen MR) is 75.1 cm³/mol. The summed E-state index contributed by atoms with van der Waals surface area (Å²) in [5.74, 6) is 0. The molecule has 0 nitrogen and oxygen atoms in total. The van der Waals surface area contributed by atoms with Crippen LogP contribution in [0.2, 0.25) is 15.8 Å². The van der Waals surface area contributed by atoms with Crippen LogP contribution in [0, 0.1) is 0 Å². The van der Waals surface area contributed by atoms with Gasteiger partial charge in [0.2, 0.25) is 16.3 Å². The second-order valence-corrected chi connectivity index (χ2v) is 5.82. The Bertz CT molecular complexity index is 87.3. The Hall–Kier alpha value is 0.805. The third kappa shape index (κ3) is 24.5. The minimum Gasteiger partial charge on any atom is -0.105 e. The maximum atomic E-state index is 3.51. The van der Waals surface area contributed by atoms with E-state index in [-0.39, 0.29) is 4.28 Å². The van der Waals surface area contributed by atoms with Gasteiger partial charge in [-0.05, 0) is 0 Å². The van der Waals surface area contributed by atoms with Crippen LogP contribution in [0.25, 0.3) is 0 Å². The van der Waals surface area contributed by atoms with Crippen LogP contribution in [0.5, 0.6) is 0 Å². The standard InChI is InChI=1S/2C4H9.C3H5.2Al.3H2.2H/c2*1-3-4-2;1-3-2;;;;;;;/h2*1,3-4H2,2H3;3H,1-2H2;;;3*1H;;. The van der Waals surface area contributed by atoms with E-state index in [1.165, 1.54) is 57.8 Å². The van der Waals surface area contributed by atoms with Crippen LogP contribution in [-0.2, 0) is 0 Å². The van der Waals surface area contributed by atoms with Crippen LogP contribution < -0.4 is 0 Å². The van der Waals surface area contributed by atoms with Crippen LogP contribution in [-0.4, -0.2) is 31.5 Å². The normalized spacial score (nSPS) is 8.46. The molecule has 0 bridgehead atoms. The zero-order valence-electron chi connectivity index (χ0n) is 9.81. The molecule has 1 radical (unpaired) electrons. The summed E-state index contributed by atoms with van der Waals surface area (Å²) in [6.07, 6.45) is 7.66. The highest BCUT2D eigenvalue weighted by atomic mass is 27.1. The zero-order chi connectivity index (χ0) is 10.4. The molecule has 2 heteroatoms. The Balaban J connectivity index is -0.0000000511. The van der Waals surface area contributed by atoms with E-state index in [1.807, 2.05) is 6.08 Å². The van der Waals surface area contributed by atoms with Gasteiger partial charge in [0.1, 0.15) is 0 Å². The molecule has 0 saturated carbocycles. The highest BCUT2D eigenvalue weighted by Crippen LogP contribution is 1.99. The third-order valence-corrected chi connectivity index (χ3v) is 4.02. The number of hydrogen-bond donors (Lipinski definition) is 0. The summed E-state index contributed by atoms with van der Waals surface area (Å²) in [7, 11) is 0. The second kappa shape index (κ2) is 18.6. The molecular weight excluding hydrogens is 186 g/mol. The van der Waals surface area contributed by atoms with Crippen LogP contribution >= 0.6 is 0 Å². The maximum absolute atomic E-state index is 3.51. The number of rotatable bonds is 7. The molecule has 0 saturated heterocycles. The van der Waals surface area contributed by atoms with Gasteiger partial charge in [-0.3, -0.25) is 0 Å². The van der Waals surface area contributed by atoms with E-state index < -0.39 is 0 Å². The fourth-order valence-electron chi connectivity index (χ4n) is 0.841. The highest BCUT2D eigenvalue weighted by molar-refractivity contribution is 6.35. The van der Waals surface area contributed by atoms with Crippen molar-refractivity contribution in [3.63, 3.8) is 0 Å². The summed E-state index contributed by atoms with van der Waals surface area (Å²) in [6.45, 7) is 8.07. The monoisotopic (exact) mass is 217 g/mol. The lowest BCUT2D eigenvalue weighted by Crippen LogP contribution is -1.87. The molecule has 13 heavy (non-hydrogen) atoms. The van der Waals surface area contributed by atoms with Crippen molar-refractivity contribution in [1.82, 2.24) is 0 Å². The first-order valence-electron chi connectivity index (χ1n) is 5.75. The number of hydrogen-bond acceptors (Lipinski definition) is 0. The quantitative estimate of drug-likeness (QED) is 0.342. The molecule has 0 aliphatic carbocycles. The van der Waals surface area contributed by atoms with Crippen molar-refractivity contribution in [3.8, 4) is 0 Å². The van der Waals surface area contributed by atoms with E-state index in [9.17, 15) is 0 Å². The Labute approximate surface area is 104 Å². The average molecular weight is 217 g/mol. The second-order valence-electron chi connectivity index (χ2n) is 3.27. The first-order chi connectivity index (χ1) is 6.33. The first-order valence-corrected chi connectivity index (χ1v) is 8.80. The number of allylic oxidation sites excluding steroid dienone is 1. The third-order valence-electron chi connectivity index (χ3n) is 1.81. The molecule has 0 aliphatic heterocycles. The van der Waals surface area contributed by atoms with E-state index >= 15 is 0 Å². The summed E-state index contributed by atoms with van der Waals surface area (Å²) in [6, 6.07) is 0.